The first kappa shape index (κ1) is 22.0. The molecule has 2 aromatic carbocycles. The summed E-state index contributed by atoms with van der Waals surface area (Å²) in [6, 6.07) is 13.1. The molecule has 0 spiro atoms. The Morgan fingerprint density at radius 1 is 1.07 bits per heavy atom. The highest BCUT2D eigenvalue weighted by Crippen LogP contribution is 2.18. The number of nitrogens with one attached hydrogen (secondary N) is 2. The Morgan fingerprint density at radius 2 is 1.75 bits per heavy atom. The van der Waals surface area contributed by atoms with E-state index in [0.29, 0.717) is 12.1 Å². The van der Waals surface area contributed by atoms with Gasteiger partial charge in [0, 0.05) is 17.0 Å². The highest BCUT2D eigenvalue weighted by molar-refractivity contribution is 7.99. The molecule has 2 rings (SSSR count). The zero-order valence-corrected chi connectivity index (χ0v) is 17.3. The molecule has 0 saturated carbocycles. The summed E-state index contributed by atoms with van der Waals surface area (Å²) in [4.78, 5) is 26.1. The molecule has 0 aliphatic carbocycles. The highest BCUT2D eigenvalue weighted by atomic mass is 32.2. The van der Waals surface area contributed by atoms with Crippen molar-refractivity contribution in [2.24, 2.45) is 5.92 Å². The fraction of sp³-hybridized carbons (Fsp3) is 0.364. The number of benzene rings is 2. The van der Waals surface area contributed by atoms with E-state index in [-0.39, 0.29) is 23.5 Å². The number of thioether (sulfide) groups is 1. The third kappa shape index (κ3) is 6.68. The van der Waals surface area contributed by atoms with Gasteiger partial charge >= 0.3 is 0 Å². The lowest BCUT2D eigenvalue weighted by Gasteiger charge is -2.22. The smallest absolute Gasteiger partial charge is 0.252 e. The summed E-state index contributed by atoms with van der Waals surface area (Å²) in [5.41, 5.74) is 1.46. The summed E-state index contributed by atoms with van der Waals surface area (Å²) in [6.07, 6.45) is 0.782. The molecule has 4 nitrogen and oxygen atoms in total. The van der Waals surface area contributed by atoms with Crippen molar-refractivity contribution in [3.05, 3.63) is 65.5 Å². The van der Waals surface area contributed by atoms with Gasteiger partial charge in [0.1, 0.15) is 11.9 Å². The first-order chi connectivity index (χ1) is 13.4. The Kier molecular flexibility index (Phi) is 8.51. The van der Waals surface area contributed by atoms with E-state index in [1.54, 1.807) is 30.0 Å². The SMILES string of the molecule is Cc1ccccc1C(=O)N[C@H](C(=O)NCCCSc1ccc(F)cc1)C(C)C. The van der Waals surface area contributed by atoms with Crippen LogP contribution in [0, 0.1) is 18.7 Å². The van der Waals surface area contributed by atoms with Crippen LogP contribution in [0.25, 0.3) is 0 Å². The van der Waals surface area contributed by atoms with Crippen molar-refractivity contribution < 1.29 is 14.0 Å². The third-order valence-corrected chi connectivity index (χ3v) is 5.43. The van der Waals surface area contributed by atoms with Crippen LogP contribution in [-0.4, -0.2) is 30.2 Å². The Balaban J connectivity index is 1.79. The van der Waals surface area contributed by atoms with Gasteiger partial charge in [0.15, 0.2) is 0 Å². The van der Waals surface area contributed by atoms with E-state index in [1.165, 1.54) is 12.1 Å². The van der Waals surface area contributed by atoms with Crippen LogP contribution >= 0.6 is 11.8 Å². The molecule has 6 heteroatoms. The molecule has 0 aliphatic rings. The number of halogens is 1. The van der Waals surface area contributed by atoms with E-state index in [4.69, 9.17) is 0 Å². The van der Waals surface area contributed by atoms with Crippen molar-refractivity contribution in [3.8, 4) is 0 Å². The molecule has 1 atom stereocenters. The maximum Gasteiger partial charge on any atom is 0.252 e. The van der Waals surface area contributed by atoms with Crippen LogP contribution in [0.5, 0.6) is 0 Å². The lowest BCUT2D eigenvalue weighted by molar-refractivity contribution is -0.123. The maximum absolute atomic E-state index is 12.9. The maximum atomic E-state index is 12.9. The Hall–Kier alpha value is -2.34. The van der Waals surface area contributed by atoms with Gasteiger partial charge < -0.3 is 10.6 Å². The zero-order chi connectivity index (χ0) is 20.5. The predicted octanol–water partition coefficient (Wildman–Crippen LogP) is 4.19. The summed E-state index contributed by atoms with van der Waals surface area (Å²) in [5.74, 6) is 0.126. The monoisotopic (exact) mass is 402 g/mol. The molecule has 2 aromatic rings. The van der Waals surface area contributed by atoms with Gasteiger partial charge in [0.25, 0.3) is 5.91 Å². The van der Waals surface area contributed by atoms with Gasteiger partial charge in [-0.25, -0.2) is 4.39 Å². The second-order valence-corrected chi connectivity index (χ2v) is 8.13. The van der Waals surface area contributed by atoms with E-state index >= 15 is 0 Å². The van der Waals surface area contributed by atoms with Crippen LogP contribution < -0.4 is 10.6 Å². The number of aryl methyl sites for hydroxylation is 1. The second kappa shape index (κ2) is 10.9. The normalized spacial score (nSPS) is 11.9. The van der Waals surface area contributed by atoms with Gasteiger partial charge in [-0.1, -0.05) is 32.0 Å². The largest absolute Gasteiger partial charge is 0.354 e. The van der Waals surface area contributed by atoms with E-state index in [0.717, 1.165) is 22.6 Å². The van der Waals surface area contributed by atoms with E-state index in [1.807, 2.05) is 39.0 Å². The van der Waals surface area contributed by atoms with Crippen LogP contribution in [0.15, 0.2) is 53.4 Å². The van der Waals surface area contributed by atoms with Gasteiger partial charge in [-0.05, 0) is 60.9 Å². The van der Waals surface area contributed by atoms with Crippen LogP contribution in [-0.2, 0) is 4.79 Å². The summed E-state index contributed by atoms with van der Waals surface area (Å²) in [5, 5.41) is 5.76. The molecule has 150 valence electrons. The Bertz CT molecular complexity index is 793. The van der Waals surface area contributed by atoms with Crippen molar-refractivity contribution in [2.75, 3.05) is 12.3 Å². The van der Waals surface area contributed by atoms with Crippen LogP contribution in [0.2, 0.25) is 0 Å². The predicted molar refractivity (Wildman–Crippen MR) is 112 cm³/mol. The van der Waals surface area contributed by atoms with Crippen molar-refractivity contribution in [2.45, 2.75) is 38.1 Å². The molecular formula is C22H27FN2O2S. The average molecular weight is 403 g/mol. The minimum absolute atomic E-state index is 0.0263. The first-order valence-corrected chi connectivity index (χ1v) is 10.4. The molecule has 0 saturated heterocycles. The quantitative estimate of drug-likeness (QED) is 0.488. The number of hydrogen-bond acceptors (Lipinski definition) is 3. The molecule has 0 heterocycles. The van der Waals surface area contributed by atoms with Crippen LogP contribution in [0.1, 0.15) is 36.2 Å². The standard InChI is InChI=1S/C22H27FN2O2S/c1-15(2)20(25-21(26)19-8-5-4-7-16(19)3)22(27)24-13-6-14-28-18-11-9-17(23)10-12-18/h4-5,7-12,15,20H,6,13-14H2,1-3H3,(H,24,27)(H,25,26)/t20-/m0/s1. The van der Waals surface area contributed by atoms with Gasteiger partial charge in [-0.15, -0.1) is 11.8 Å². The first-order valence-electron chi connectivity index (χ1n) is 9.41. The van der Waals surface area contributed by atoms with Crippen molar-refractivity contribution in [1.82, 2.24) is 10.6 Å². The molecular weight excluding hydrogens is 375 g/mol. The van der Waals surface area contributed by atoms with Crippen molar-refractivity contribution in [3.63, 3.8) is 0 Å². The fourth-order valence-corrected chi connectivity index (χ4v) is 3.55. The molecule has 2 amide bonds. The Morgan fingerprint density at radius 3 is 2.39 bits per heavy atom. The number of hydrogen-bond donors (Lipinski definition) is 2. The van der Waals surface area contributed by atoms with Gasteiger partial charge in [0.05, 0.1) is 0 Å². The van der Waals surface area contributed by atoms with Gasteiger partial charge in [-0.3, -0.25) is 9.59 Å². The number of amides is 2. The van der Waals surface area contributed by atoms with E-state index in [2.05, 4.69) is 10.6 Å². The summed E-state index contributed by atoms with van der Waals surface area (Å²) in [7, 11) is 0. The lowest BCUT2D eigenvalue weighted by Crippen LogP contribution is -2.50. The summed E-state index contributed by atoms with van der Waals surface area (Å²) in [6.45, 7) is 6.22. The summed E-state index contributed by atoms with van der Waals surface area (Å²) >= 11 is 1.62. The summed E-state index contributed by atoms with van der Waals surface area (Å²) < 4.78 is 12.9. The molecule has 0 radical (unpaired) electrons. The lowest BCUT2D eigenvalue weighted by atomic mass is 10.0. The van der Waals surface area contributed by atoms with Gasteiger partial charge in [0.2, 0.25) is 5.91 Å². The van der Waals surface area contributed by atoms with Crippen LogP contribution in [0.4, 0.5) is 4.39 Å². The molecule has 28 heavy (non-hydrogen) atoms. The van der Waals surface area contributed by atoms with Crippen molar-refractivity contribution >= 4 is 23.6 Å². The molecule has 0 bridgehead atoms. The van der Waals surface area contributed by atoms with E-state index < -0.39 is 6.04 Å². The average Bonchev–Trinajstić information content (AvgIpc) is 2.67. The molecule has 0 unspecified atom stereocenters. The highest BCUT2D eigenvalue weighted by Gasteiger charge is 2.24. The number of carbonyl (C=O) groups excluding carboxylic acids is 2. The topological polar surface area (TPSA) is 58.2 Å². The number of carbonyl (C=O) groups is 2. The molecule has 0 fully saturated rings. The zero-order valence-electron chi connectivity index (χ0n) is 16.5. The second-order valence-electron chi connectivity index (χ2n) is 6.96. The van der Waals surface area contributed by atoms with Crippen LogP contribution in [0.3, 0.4) is 0 Å². The Labute approximate surface area is 170 Å². The molecule has 0 aromatic heterocycles. The third-order valence-electron chi connectivity index (χ3n) is 4.33. The number of rotatable bonds is 9. The molecule has 0 aliphatic heterocycles. The van der Waals surface area contributed by atoms with E-state index in [9.17, 15) is 14.0 Å². The minimum Gasteiger partial charge on any atom is -0.354 e. The van der Waals surface area contributed by atoms with Gasteiger partial charge in [-0.2, -0.15) is 0 Å². The fourth-order valence-electron chi connectivity index (χ4n) is 2.70. The van der Waals surface area contributed by atoms with Crippen molar-refractivity contribution in [1.29, 1.82) is 0 Å². The molecule has 2 N–H and O–H groups in total. The minimum atomic E-state index is -0.586.